The Hall–Kier alpha value is -3.86. The summed E-state index contributed by atoms with van der Waals surface area (Å²) in [5.74, 6) is 0.978. The molecular weight excluding hydrogens is 344 g/mol. The van der Waals surface area contributed by atoms with Crippen LogP contribution in [-0.2, 0) is 4.79 Å². The number of benzene rings is 3. The number of carbonyl (C=O) groups excluding carboxylic acids is 2. The van der Waals surface area contributed by atoms with Crippen LogP contribution < -0.4 is 14.2 Å². The quantitative estimate of drug-likeness (QED) is 0.359. The summed E-state index contributed by atoms with van der Waals surface area (Å²) < 4.78 is 16.0. The van der Waals surface area contributed by atoms with E-state index in [0.29, 0.717) is 22.8 Å². The molecule has 0 fully saturated rings. The molecule has 0 saturated heterocycles. The zero-order chi connectivity index (χ0) is 19.1. The number of ether oxygens (including phenoxy) is 3. The van der Waals surface area contributed by atoms with Crippen LogP contribution in [0.3, 0.4) is 0 Å². The Morgan fingerprint density at radius 2 is 1.19 bits per heavy atom. The van der Waals surface area contributed by atoms with E-state index in [0.717, 1.165) is 11.8 Å². The molecular formula is C22H16O5. The molecule has 0 N–H and O–H groups in total. The third-order valence-corrected chi connectivity index (χ3v) is 3.49. The van der Waals surface area contributed by atoms with Crippen LogP contribution in [0.1, 0.15) is 10.4 Å². The number of para-hydroxylation sites is 1. The molecule has 3 aromatic carbocycles. The fourth-order valence-electron chi connectivity index (χ4n) is 2.18. The minimum absolute atomic E-state index is 0.318. The van der Waals surface area contributed by atoms with Gasteiger partial charge in [-0.2, -0.15) is 0 Å². The minimum Gasteiger partial charge on any atom is -0.457 e. The van der Waals surface area contributed by atoms with E-state index in [1.54, 1.807) is 24.3 Å². The Kier molecular flexibility index (Phi) is 5.64. The van der Waals surface area contributed by atoms with E-state index in [-0.39, 0.29) is 0 Å². The van der Waals surface area contributed by atoms with Crippen LogP contribution in [0.4, 0.5) is 0 Å². The van der Waals surface area contributed by atoms with Crippen molar-refractivity contribution >= 4 is 11.9 Å². The van der Waals surface area contributed by atoms with Gasteiger partial charge in [0, 0.05) is 6.08 Å². The van der Waals surface area contributed by atoms with Crippen LogP contribution in [0, 0.1) is 0 Å². The summed E-state index contributed by atoms with van der Waals surface area (Å²) in [6.07, 6.45) is 1.06. The lowest BCUT2D eigenvalue weighted by Gasteiger charge is -2.08. The van der Waals surface area contributed by atoms with E-state index in [1.165, 1.54) is 24.3 Å². The van der Waals surface area contributed by atoms with Crippen molar-refractivity contribution in [2.75, 3.05) is 0 Å². The average molecular weight is 360 g/mol. The Morgan fingerprint density at radius 3 is 1.81 bits per heavy atom. The summed E-state index contributed by atoms with van der Waals surface area (Å²) in [5.41, 5.74) is 0.331. The van der Waals surface area contributed by atoms with Gasteiger partial charge in [0.1, 0.15) is 23.0 Å². The van der Waals surface area contributed by atoms with Crippen molar-refractivity contribution in [3.8, 4) is 23.0 Å². The lowest BCUT2D eigenvalue weighted by atomic mass is 10.2. The molecule has 0 atom stereocenters. The first-order valence-electron chi connectivity index (χ1n) is 8.13. The van der Waals surface area contributed by atoms with E-state index in [9.17, 15) is 9.59 Å². The van der Waals surface area contributed by atoms with Crippen molar-refractivity contribution in [2.24, 2.45) is 0 Å². The molecule has 27 heavy (non-hydrogen) atoms. The van der Waals surface area contributed by atoms with Gasteiger partial charge < -0.3 is 14.2 Å². The first-order chi connectivity index (χ1) is 13.1. The monoisotopic (exact) mass is 360 g/mol. The number of hydrogen-bond donors (Lipinski definition) is 0. The zero-order valence-electron chi connectivity index (χ0n) is 14.3. The smallest absolute Gasteiger partial charge is 0.343 e. The van der Waals surface area contributed by atoms with Gasteiger partial charge in [-0.05, 0) is 60.7 Å². The standard InChI is InChI=1S/C22H16O5/c1-2-21(23)26-19-10-8-16(9-11-19)22(24)27-20-14-12-18(13-15-20)25-17-6-4-3-5-7-17/h2-15H,1H2. The molecule has 5 heteroatoms. The molecule has 0 unspecified atom stereocenters. The molecule has 0 aromatic heterocycles. The van der Waals surface area contributed by atoms with E-state index in [4.69, 9.17) is 14.2 Å². The fourth-order valence-corrected chi connectivity index (χ4v) is 2.18. The van der Waals surface area contributed by atoms with Crippen molar-refractivity contribution in [1.82, 2.24) is 0 Å². The SMILES string of the molecule is C=CC(=O)Oc1ccc(C(=O)Oc2ccc(Oc3ccccc3)cc2)cc1. The lowest BCUT2D eigenvalue weighted by Crippen LogP contribution is -2.09. The molecule has 0 heterocycles. The summed E-state index contributed by atoms with van der Waals surface area (Å²) in [4.78, 5) is 23.3. The number of hydrogen-bond acceptors (Lipinski definition) is 5. The molecule has 3 aromatic rings. The Balaban J connectivity index is 1.60. The molecule has 134 valence electrons. The van der Waals surface area contributed by atoms with Crippen LogP contribution in [0.2, 0.25) is 0 Å². The Morgan fingerprint density at radius 1 is 0.667 bits per heavy atom. The van der Waals surface area contributed by atoms with E-state index >= 15 is 0 Å². The molecule has 0 amide bonds. The fraction of sp³-hybridized carbons (Fsp3) is 0. The van der Waals surface area contributed by atoms with Crippen LogP contribution in [0.25, 0.3) is 0 Å². The van der Waals surface area contributed by atoms with Gasteiger partial charge in [-0.1, -0.05) is 24.8 Å². The highest BCUT2D eigenvalue weighted by atomic mass is 16.5. The second-order valence-corrected chi connectivity index (χ2v) is 5.43. The second-order valence-electron chi connectivity index (χ2n) is 5.43. The zero-order valence-corrected chi connectivity index (χ0v) is 14.3. The summed E-state index contributed by atoms with van der Waals surface area (Å²) in [5, 5.41) is 0. The van der Waals surface area contributed by atoms with E-state index in [2.05, 4.69) is 6.58 Å². The number of carbonyl (C=O) groups is 2. The van der Waals surface area contributed by atoms with Gasteiger partial charge >= 0.3 is 11.9 Å². The summed E-state index contributed by atoms with van der Waals surface area (Å²) in [7, 11) is 0. The largest absolute Gasteiger partial charge is 0.457 e. The maximum atomic E-state index is 12.2. The van der Waals surface area contributed by atoms with Gasteiger partial charge in [0.05, 0.1) is 5.56 Å². The van der Waals surface area contributed by atoms with Crippen molar-refractivity contribution in [3.05, 3.63) is 97.1 Å². The lowest BCUT2D eigenvalue weighted by molar-refractivity contribution is -0.128. The van der Waals surface area contributed by atoms with Gasteiger partial charge in [-0.15, -0.1) is 0 Å². The highest BCUT2D eigenvalue weighted by Crippen LogP contribution is 2.24. The first kappa shape index (κ1) is 17.9. The molecule has 0 spiro atoms. The Labute approximate surface area is 156 Å². The maximum Gasteiger partial charge on any atom is 0.343 e. The van der Waals surface area contributed by atoms with Crippen LogP contribution in [0.5, 0.6) is 23.0 Å². The van der Waals surface area contributed by atoms with Crippen molar-refractivity contribution in [3.63, 3.8) is 0 Å². The van der Waals surface area contributed by atoms with E-state index in [1.807, 2.05) is 30.3 Å². The minimum atomic E-state index is -0.567. The van der Waals surface area contributed by atoms with Crippen molar-refractivity contribution < 1.29 is 23.8 Å². The normalized spacial score (nSPS) is 9.93. The molecule has 0 radical (unpaired) electrons. The molecule has 0 saturated carbocycles. The predicted molar refractivity (Wildman–Crippen MR) is 100 cm³/mol. The number of rotatable bonds is 6. The third kappa shape index (κ3) is 5.06. The average Bonchev–Trinajstić information content (AvgIpc) is 2.70. The van der Waals surface area contributed by atoms with Gasteiger partial charge in [0.2, 0.25) is 0 Å². The molecule has 0 aliphatic rings. The van der Waals surface area contributed by atoms with Gasteiger partial charge in [0.15, 0.2) is 0 Å². The molecule has 0 aliphatic carbocycles. The van der Waals surface area contributed by atoms with Gasteiger partial charge in [0.25, 0.3) is 0 Å². The Bertz CT molecular complexity index is 929. The van der Waals surface area contributed by atoms with Crippen molar-refractivity contribution in [2.45, 2.75) is 0 Å². The van der Waals surface area contributed by atoms with Crippen LogP contribution >= 0.6 is 0 Å². The second kappa shape index (κ2) is 8.49. The molecule has 3 rings (SSSR count). The predicted octanol–water partition coefficient (Wildman–Crippen LogP) is 4.79. The molecule has 0 aliphatic heterocycles. The van der Waals surface area contributed by atoms with Gasteiger partial charge in [-0.25, -0.2) is 9.59 Å². The van der Waals surface area contributed by atoms with Gasteiger partial charge in [-0.3, -0.25) is 0 Å². The summed E-state index contributed by atoms with van der Waals surface area (Å²) in [6, 6.07) is 22.2. The van der Waals surface area contributed by atoms with Crippen molar-refractivity contribution in [1.29, 1.82) is 0 Å². The molecule has 5 nitrogen and oxygen atoms in total. The molecule has 0 bridgehead atoms. The summed E-state index contributed by atoms with van der Waals surface area (Å²) in [6.45, 7) is 3.32. The highest BCUT2D eigenvalue weighted by molar-refractivity contribution is 5.91. The third-order valence-electron chi connectivity index (χ3n) is 3.49. The first-order valence-corrected chi connectivity index (χ1v) is 8.13. The van der Waals surface area contributed by atoms with Crippen LogP contribution in [-0.4, -0.2) is 11.9 Å². The number of esters is 2. The summed E-state index contributed by atoms with van der Waals surface area (Å²) >= 11 is 0. The van der Waals surface area contributed by atoms with E-state index < -0.39 is 11.9 Å². The topological polar surface area (TPSA) is 61.8 Å². The van der Waals surface area contributed by atoms with Crippen LogP contribution in [0.15, 0.2) is 91.5 Å². The highest BCUT2D eigenvalue weighted by Gasteiger charge is 2.10. The maximum absolute atomic E-state index is 12.2.